The summed E-state index contributed by atoms with van der Waals surface area (Å²) < 4.78 is 42.6. The quantitative estimate of drug-likeness (QED) is 0.242. The Balaban J connectivity index is 1.27. The molecule has 4 N–H and O–H groups in total. The van der Waals surface area contributed by atoms with Crippen LogP contribution in [-0.4, -0.2) is 107 Å². The molecule has 0 aliphatic carbocycles. The van der Waals surface area contributed by atoms with Crippen molar-refractivity contribution < 1.29 is 27.6 Å². The van der Waals surface area contributed by atoms with Crippen LogP contribution < -0.4 is 20.9 Å². The number of piperidine rings is 1. The molecule has 2 aromatic heterocycles. The molecule has 4 heterocycles. The third-order valence-electron chi connectivity index (χ3n) is 8.77. The second-order valence-corrected chi connectivity index (χ2v) is 12.4. The van der Waals surface area contributed by atoms with Crippen molar-refractivity contribution in [3.05, 3.63) is 71.0 Å². The van der Waals surface area contributed by atoms with E-state index in [0.29, 0.717) is 37.7 Å². The third kappa shape index (κ3) is 8.08. The molecular formula is C33H38ClF3N10O3. The maximum Gasteiger partial charge on any atom is 0.433 e. The normalized spacial score (nSPS) is 15.9. The summed E-state index contributed by atoms with van der Waals surface area (Å²) in [5.41, 5.74) is -1.14. The molecule has 0 radical (unpaired) electrons. The van der Waals surface area contributed by atoms with E-state index in [1.807, 2.05) is 4.90 Å². The van der Waals surface area contributed by atoms with Crippen molar-refractivity contribution >= 4 is 57.8 Å². The maximum atomic E-state index is 13.8. The summed E-state index contributed by atoms with van der Waals surface area (Å²) in [6.07, 6.45) is 0.327. The van der Waals surface area contributed by atoms with Gasteiger partial charge in [-0.15, -0.1) is 0 Å². The number of carbonyl (C=O) groups is 3. The van der Waals surface area contributed by atoms with E-state index in [4.69, 9.17) is 17.0 Å². The van der Waals surface area contributed by atoms with Crippen LogP contribution in [0.1, 0.15) is 39.5 Å². The highest BCUT2D eigenvalue weighted by Gasteiger charge is 2.39. The first-order chi connectivity index (χ1) is 23.8. The van der Waals surface area contributed by atoms with Crippen molar-refractivity contribution in [3.63, 3.8) is 0 Å². The number of nitrogens with one attached hydrogen (secondary N) is 4. The monoisotopic (exact) mass is 714 g/mol. The van der Waals surface area contributed by atoms with Gasteiger partial charge in [-0.3, -0.25) is 19.8 Å². The molecule has 13 nitrogen and oxygen atoms in total. The molecule has 2 fully saturated rings. The Kier molecular flexibility index (Phi) is 11.1. The molecule has 0 bridgehead atoms. The van der Waals surface area contributed by atoms with Gasteiger partial charge in [0.05, 0.1) is 34.4 Å². The minimum absolute atomic E-state index is 0.00571. The standard InChI is InChI=1S/C33H38ClF3N10O3/c1-39-22-5-7-27(41-17-22)44(2)19-24(28(38)33(35,36)37)26-18-42-29(45(26)3)30(48)43-21-4-6-23(25(34)16-21)32(50)47-14-12-46(13-15-47)31(49)20-8-10-40-11-9-20/h4-7,16-20,38-40H,8-15H2,1-3H3,(H,43,48)/b24-19-,38-28?. The summed E-state index contributed by atoms with van der Waals surface area (Å²) in [4.78, 5) is 52.5. The SMILES string of the molecule is CNc1ccc(N(C)/C=C(\C(=N)C(F)(F)F)c2cnc(C(=O)Nc3ccc(C(=O)N4CCN(C(=O)C5CCNCC5)CC4)c(Cl)c3)n2C)nc1. The molecule has 3 amide bonds. The van der Waals surface area contributed by atoms with Crippen LogP contribution in [0.15, 0.2) is 48.9 Å². The van der Waals surface area contributed by atoms with Crippen LogP contribution in [0.2, 0.25) is 5.02 Å². The number of anilines is 3. The average molecular weight is 715 g/mol. The van der Waals surface area contributed by atoms with Gasteiger partial charge in [-0.1, -0.05) is 11.6 Å². The molecule has 5 rings (SSSR count). The number of imidazole rings is 1. The molecule has 2 aliphatic rings. The Labute approximate surface area is 292 Å². The van der Waals surface area contributed by atoms with E-state index in [1.54, 1.807) is 24.1 Å². The number of halogens is 4. The molecule has 1 aromatic carbocycles. The molecule has 0 saturated carbocycles. The lowest BCUT2D eigenvalue weighted by Gasteiger charge is -2.37. The number of hydrogen-bond acceptors (Lipinski definition) is 9. The first kappa shape index (κ1) is 36.3. The van der Waals surface area contributed by atoms with E-state index < -0.39 is 23.4 Å². The fourth-order valence-electron chi connectivity index (χ4n) is 5.87. The zero-order valence-corrected chi connectivity index (χ0v) is 28.5. The van der Waals surface area contributed by atoms with E-state index in [9.17, 15) is 27.6 Å². The molecule has 2 aliphatic heterocycles. The molecule has 266 valence electrons. The number of piperazine rings is 1. The predicted octanol–water partition coefficient (Wildman–Crippen LogP) is 4.11. The van der Waals surface area contributed by atoms with Gasteiger partial charge in [-0.2, -0.15) is 13.2 Å². The van der Waals surface area contributed by atoms with Crippen LogP contribution in [0.5, 0.6) is 0 Å². The highest BCUT2D eigenvalue weighted by atomic mass is 35.5. The van der Waals surface area contributed by atoms with Crippen molar-refractivity contribution in [2.75, 3.05) is 68.9 Å². The third-order valence-corrected chi connectivity index (χ3v) is 9.08. The lowest BCUT2D eigenvalue weighted by Crippen LogP contribution is -2.52. The van der Waals surface area contributed by atoms with Crippen molar-refractivity contribution in [1.82, 2.24) is 29.7 Å². The topological polar surface area (TPSA) is 152 Å². The van der Waals surface area contributed by atoms with Crippen LogP contribution in [0.4, 0.5) is 30.4 Å². The number of nitrogens with zero attached hydrogens (tertiary/aromatic N) is 6. The minimum atomic E-state index is -4.99. The highest BCUT2D eigenvalue weighted by molar-refractivity contribution is 6.34. The van der Waals surface area contributed by atoms with E-state index in [2.05, 4.69) is 25.9 Å². The summed E-state index contributed by atoms with van der Waals surface area (Å²) >= 11 is 6.48. The number of hydrogen-bond donors (Lipinski definition) is 4. The van der Waals surface area contributed by atoms with Gasteiger partial charge in [0, 0.05) is 70.7 Å². The van der Waals surface area contributed by atoms with Gasteiger partial charge in [-0.25, -0.2) is 9.97 Å². The van der Waals surface area contributed by atoms with Crippen molar-refractivity contribution in [2.45, 2.75) is 19.0 Å². The molecule has 0 atom stereocenters. The molecule has 3 aromatic rings. The van der Waals surface area contributed by atoms with Gasteiger partial charge in [-0.05, 0) is 56.3 Å². The van der Waals surface area contributed by atoms with Crippen molar-refractivity contribution in [2.24, 2.45) is 13.0 Å². The molecule has 50 heavy (non-hydrogen) atoms. The summed E-state index contributed by atoms with van der Waals surface area (Å²) in [7, 11) is 4.56. The number of carbonyl (C=O) groups excluding carboxylic acids is 3. The van der Waals surface area contributed by atoms with Crippen molar-refractivity contribution in [3.8, 4) is 0 Å². The highest BCUT2D eigenvalue weighted by Crippen LogP contribution is 2.30. The van der Waals surface area contributed by atoms with E-state index >= 15 is 0 Å². The molecule has 0 spiro atoms. The fourth-order valence-corrected chi connectivity index (χ4v) is 6.13. The van der Waals surface area contributed by atoms with E-state index in [0.717, 1.165) is 42.9 Å². The smallest absolute Gasteiger partial charge is 0.387 e. The number of benzene rings is 1. The molecule has 17 heteroatoms. The average Bonchev–Trinajstić information content (AvgIpc) is 3.50. The van der Waals surface area contributed by atoms with Gasteiger partial charge >= 0.3 is 6.18 Å². The number of alkyl halides is 3. The van der Waals surface area contributed by atoms with Crippen LogP contribution >= 0.6 is 11.6 Å². The number of allylic oxidation sites excluding steroid dienone is 1. The maximum absolute atomic E-state index is 13.8. The largest absolute Gasteiger partial charge is 0.433 e. The van der Waals surface area contributed by atoms with Gasteiger partial charge in [0.2, 0.25) is 5.91 Å². The van der Waals surface area contributed by atoms with Crippen LogP contribution in [-0.2, 0) is 11.8 Å². The van der Waals surface area contributed by atoms with Crippen LogP contribution in [0.25, 0.3) is 5.57 Å². The first-order valence-corrected chi connectivity index (χ1v) is 16.3. The molecule has 2 saturated heterocycles. The van der Waals surface area contributed by atoms with E-state index in [-0.39, 0.29) is 45.5 Å². The lowest BCUT2D eigenvalue weighted by atomic mass is 9.96. The number of rotatable bonds is 9. The van der Waals surface area contributed by atoms with Gasteiger partial charge in [0.15, 0.2) is 5.82 Å². The van der Waals surface area contributed by atoms with Crippen LogP contribution in [0.3, 0.4) is 0 Å². The summed E-state index contributed by atoms with van der Waals surface area (Å²) in [6, 6.07) is 7.67. The summed E-state index contributed by atoms with van der Waals surface area (Å²) in [6.45, 7) is 3.24. The van der Waals surface area contributed by atoms with Crippen LogP contribution in [0, 0.1) is 11.3 Å². The zero-order valence-electron chi connectivity index (χ0n) is 27.8. The Hall–Kier alpha value is -4.96. The predicted molar refractivity (Wildman–Crippen MR) is 185 cm³/mol. The zero-order chi connectivity index (χ0) is 36.2. The number of aromatic nitrogens is 3. The second-order valence-electron chi connectivity index (χ2n) is 12.0. The summed E-state index contributed by atoms with van der Waals surface area (Å²) in [5.74, 6) is -0.832. The Morgan fingerprint density at radius 3 is 2.28 bits per heavy atom. The van der Waals surface area contributed by atoms with Gasteiger partial charge in [0.25, 0.3) is 11.8 Å². The first-order valence-electron chi connectivity index (χ1n) is 15.9. The van der Waals surface area contributed by atoms with Gasteiger partial charge < -0.3 is 35.2 Å². The fraction of sp³-hybridized carbons (Fsp3) is 0.394. The second kappa shape index (κ2) is 15.3. The Bertz CT molecular complexity index is 1780. The molecule has 0 unspecified atom stereocenters. The Morgan fingerprint density at radius 1 is 1.02 bits per heavy atom. The van der Waals surface area contributed by atoms with Gasteiger partial charge in [0.1, 0.15) is 11.5 Å². The Morgan fingerprint density at radius 2 is 1.68 bits per heavy atom. The molecular weight excluding hydrogens is 677 g/mol. The lowest BCUT2D eigenvalue weighted by molar-refractivity contribution is -0.137. The van der Waals surface area contributed by atoms with Crippen molar-refractivity contribution in [1.29, 1.82) is 5.41 Å². The number of pyridine rings is 1. The minimum Gasteiger partial charge on any atom is -0.387 e. The van der Waals surface area contributed by atoms with E-state index in [1.165, 1.54) is 43.4 Å². The summed E-state index contributed by atoms with van der Waals surface area (Å²) in [5, 5.41) is 16.8. The number of amides is 3.